The normalized spacial score (nSPS) is 10.3. The van der Waals surface area contributed by atoms with E-state index in [2.05, 4.69) is 41.1 Å². The van der Waals surface area contributed by atoms with Crippen molar-refractivity contribution in [3.8, 4) is 11.1 Å². The molecule has 0 bridgehead atoms. The SMILES string of the molecule is CCOC(=O)CCc1ccc(-c2ccsc2)cc1. The average molecular weight is 260 g/mol. The van der Waals surface area contributed by atoms with Crippen molar-refractivity contribution < 1.29 is 9.53 Å². The molecule has 2 rings (SSSR count). The maximum absolute atomic E-state index is 11.2. The van der Waals surface area contributed by atoms with E-state index in [-0.39, 0.29) is 5.97 Å². The Morgan fingerprint density at radius 2 is 1.94 bits per heavy atom. The van der Waals surface area contributed by atoms with Crippen molar-refractivity contribution in [2.45, 2.75) is 19.8 Å². The lowest BCUT2D eigenvalue weighted by Crippen LogP contribution is -2.04. The Bertz CT molecular complexity index is 486. The summed E-state index contributed by atoms with van der Waals surface area (Å²) in [7, 11) is 0. The molecule has 0 amide bonds. The molecule has 0 spiro atoms. The standard InChI is InChI=1S/C15H16O2S/c1-2-17-15(16)8-5-12-3-6-13(7-4-12)14-9-10-18-11-14/h3-4,6-7,9-11H,2,5,8H2,1H3. The van der Waals surface area contributed by atoms with E-state index in [1.165, 1.54) is 16.7 Å². The van der Waals surface area contributed by atoms with Gasteiger partial charge in [0.15, 0.2) is 0 Å². The first kappa shape index (κ1) is 12.8. The van der Waals surface area contributed by atoms with E-state index in [1.807, 2.05) is 6.92 Å². The fourth-order valence-corrected chi connectivity index (χ4v) is 2.44. The molecule has 0 radical (unpaired) electrons. The number of esters is 1. The molecule has 1 aromatic carbocycles. The summed E-state index contributed by atoms with van der Waals surface area (Å²) in [4.78, 5) is 11.2. The van der Waals surface area contributed by atoms with Crippen molar-refractivity contribution in [1.82, 2.24) is 0 Å². The van der Waals surface area contributed by atoms with Crippen molar-refractivity contribution in [2.24, 2.45) is 0 Å². The number of carbonyl (C=O) groups excluding carboxylic acids is 1. The average Bonchev–Trinajstić information content (AvgIpc) is 2.91. The van der Waals surface area contributed by atoms with Gasteiger partial charge in [-0.15, -0.1) is 0 Å². The molecule has 0 aliphatic heterocycles. The van der Waals surface area contributed by atoms with Crippen LogP contribution in [0, 0.1) is 0 Å². The van der Waals surface area contributed by atoms with E-state index in [0.717, 1.165) is 6.42 Å². The van der Waals surface area contributed by atoms with Gasteiger partial charge in [-0.3, -0.25) is 4.79 Å². The number of thiophene rings is 1. The molecule has 2 aromatic rings. The lowest BCUT2D eigenvalue weighted by Gasteiger charge is -2.03. The van der Waals surface area contributed by atoms with Gasteiger partial charge in [0.1, 0.15) is 0 Å². The molecule has 0 atom stereocenters. The predicted molar refractivity (Wildman–Crippen MR) is 74.7 cm³/mol. The van der Waals surface area contributed by atoms with Gasteiger partial charge in [-0.2, -0.15) is 11.3 Å². The number of hydrogen-bond acceptors (Lipinski definition) is 3. The second-order valence-electron chi connectivity index (χ2n) is 4.01. The van der Waals surface area contributed by atoms with Crippen LogP contribution in [0.25, 0.3) is 11.1 Å². The third-order valence-corrected chi connectivity index (χ3v) is 3.41. The van der Waals surface area contributed by atoms with Crippen molar-refractivity contribution >= 4 is 17.3 Å². The molecule has 0 saturated carbocycles. The zero-order chi connectivity index (χ0) is 12.8. The summed E-state index contributed by atoms with van der Waals surface area (Å²) in [6.45, 7) is 2.28. The van der Waals surface area contributed by atoms with E-state index < -0.39 is 0 Å². The van der Waals surface area contributed by atoms with Crippen LogP contribution in [0.15, 0.2) is 41.1 Å². The van der Waals surface area contributed by atoms with Crippen LogP contribution in [-0.2, 0) is 16.0 Å². The van der Waals surface area contributed by atoms with Gasteiger partial charge >= 0.3 is 5.97 Å². The second-order valence-corrected chi connectivity index (χ2v) is 4.79. The van der Waals surface area contributed by atoms with Crippen molar-refractivity contribution in [3.05, 3.63) is 46.7 Å². The molecule has 94 valence electrons. The lowest BCUT2D eigenvalue weighted by atomic mass is 10.0. The summed E-state index contributed by atoms with van der Waals surface area (Å²) in [5, 5.41) is 4.21. The third kappa shape index (κ3) is 3.44. The summed E-state index contributed by atoms with van der Waals surface area (Å²) >= 11 is 1.70. The van der Waals surface area contributed by atoms with Crippen molar-refractivity contribution in [1.29, 1.82) is 0 Å². The summed E-state index contributed by atoms with van der Waals surface area (Å²) < 4.78 is 4.91. The van der Waals surface area contributed by atoms with Gasteiger partial charge in [0.25, 0.3) is 0 Å². The Hall–Kier alpha value is -1.61. The van der Waals surface area contributed by atoms with Gasteiger partial charge in [-0.05, 0) is 46.9 Å². The number of carbonyl (C=O) groups is 1. The van der Waals surface area contributed by atoms with Gasteiger partial charge in [-0.1, -0.05) is 24.3 Å². The molecule has 0 aliphatic carbocycles. The number of hydrogen-bond donors (Lipinski definition) is 0. The molecule has 1 aromatic heterocycles. The molecule has 0 aliphatic rings. The van der Waals surface area contributed by atoms with Crippen LogP contribution < -0.4 is 0 Å². The summed E-state index contributed by atoms with van der Waals surface area (Å²) in [6, 6.07) is 10.5. The van der Waals surface area contributed by atoms with Crippen LogP contribution in [0.4, 0.5) is 0 Å². The Morgan fingerprint density at radius 3 is 2.56 bits per heavy atom. The Balaban J connectivity index is 1.94. The van der Waals surface area contributed by atoms with Crippen LogP contribution in [0.1, 0.15) is 18.9 Å². The maximum Gasteiger partial charge on any atom is 0.306 e. The fraction of sp³-hybridized carbons (Fsp3) is 0.267. The first-order chi connectivity index (χ1) is 8.79. The molecule has 0 N–H and O–H groups in total. The van der Waals surface area contributed by atoms with Crippen molar-refractivity contribution in [3.63, 3.8) is 0 Å². The Kier molecular flexibility index (Phi) is 4.53. The van der Waals surface area contributed by atoms with E-state index >= 15 is 0 Å². The summed E-state index contributed by atoms with van der Waals surface area (Å²) in [5.41, 5.74) is 3.63. The van der Waals surface area contributed by atoms with Crippen molar-refractivity contribution in [2.75, 3.05) is 6.61 Å². The van der Waals surface area contributed by atoms with Crippen LogP contribution >= 0.6 is 11.3 Å². The maximum atomic E-state index is 11.2. The van der Waals surface area contributed by atoms with Crippen LogP contribution in [0.5, 0.6) is 0 Å². The van der Waals surface area contributed by atoms with Gasteiger partial charge in [-0.25, -0.2) is 0 Å². The van der Waals surface area contributed by atoms with Crippen LogP contribution in [-0.4, -0.2) is 12.6 Å². The monoisotopic (exact) mass is 260 g/mol. The first-order valence-electron chi connectivity index (χ1n) is 6.06. The minimum absolute atomic E-state index is 0.126. The van der Waals surface area contributed by atoms with Gasteiger partial charge < -0.3 is 4.74 Å². The number of rotatable bonds is 5. The second kappa shape index (κ2) is 6.36. The highest BCUT2D eigenvalue weighted by atomic mass is 32.1. The largest absolute Gasteiger partial charge is 0.466 e. The molecule has 1 heterocycles. The van der Waals surface area contributed by atoms with Crippen LogP contribution in [0.3, 0.4) is 0 Å². The van der Waals surface area contributed by atoms with Gasteiger partial charge in [0.05, 0.1) is 6.61 Å². The van der Waals surface area contributed by atoms with E-state index in [4.69, 9.17) is 4.74 Å². The van der Waals surface area contributed by atoms with Crippen LogP contribution in [0.2, 0.25) is 0 Å². The zero-order valence-electron chi connectivity index (χ0n) is 10.4. The number of ether oxygens (including phenoxy) is 1. The number of benzene rings is 1. The smallest absolute Gasteiger partial charge is 0.306 e. The topological polar surface area (TPSA) is 26.3 Å². The Labute approximate surface area is 111 Å². The van der Waals surface area contributed by atoms with E-state index in [0.29, 0.717) is 13.0 Å². The minimum Gasteiger partial charge on any atom is -0.466 e. The predicted octanol–water partition coefficient (Wildman–Crippen LogP) is 3.91. The highest BCUT2D eigenvalue weighted by Crippen LogP contribution is 2.22. The zero-order valence-corrected chi connectivity index (χ0v) is 11.2. The molecular formula is C15H16O2S. The number of aryl methyl sites for hydroxylation is 1. The molecule has 3 heteroatoms. The molecule has 0 saturated heterocycles. The Morgan fingerprint density at radius 1 is 1.17 bits per heavy atom. The molecular weight excluding hydrogens is 244 g/mol. The molecule has 18 heavy (non-hydrogen) atoms. The lowest BCUT2D eigenvalue weighted by molar-refractivity contribution is -0.143. The third-order valence-electron chi connectivity index (χ3n) is 2.73. The minimum atomic E-state index is -0.126. The van der Waals surface area contributed by atoms with E-state index in [1.54, 1.807) is 11.3 Å². The molecule has 0 unspecified atom stereocenters. The fourth-order valence-electron chi connectivity index (χ4n) is 1.77. The molecule has 0 fully saturated rings. The van der Waals surface area contributed by atoms with Gasteiger partial charge in [0, 0.05) is 6.42 Å². The van der Waals surface area contributed by atoms with E-state index in [9.17, 15) is 4.79 Å². The summed E-state index contributed by atoms with van der Waals surface area (Å²) in [6.07, 6.45) is 1.19. The summed E-state index contributed by atoms with van der Waals surface area (Å²) in [5.74, 6) is -0.126. The van der Waals surface area contributed by atoms with Gasteiger partial charge in [0.2, 0.25) is 0 Å². The highest BCUT2D eigenvalue weighted by Gasteiger charge is 2.03. The molecule has 2 nitrogen and oxygen atoms in total. The first-order valence-corrected chi connectivity index (χ1v) is 7.01. The quantitative estimate of drug-likeness (QED) is 0.762. The highest BCUT2D eigenvalue weighted by molar-refractivity contribution is 7.08.